The molecule has 1 heterocycles. The first-order chi connectivity index (χ1) is 15.5. The summed E-state index contributed by atoms with van der Waals surface area (Å²) in [5, 5.41) is 2.84. The Bertz CT molecular complexity index is 1190. The van der Waals surface area contributed by atoms with Crippen LogP contribution in [0.25, 0.3) is 10.6 Å². The van der Waals surface area contributed by atoms with E-state index in [9.17, 15) is 9.18 Å². The van der Waals surface area contributed by atoms with E-state index in [1.807, 2.05) is 42.5 Å². The number of amides is 1. The summed E-state index contributed by atoms with van der Waals surface area (Å²) in [6, 6.07) is 21.7. The lowest BCUT2D eigenvalue weighted by molar-refractivity contribution is 0.0780. The zero-order valence-electron chi connectivity index (χ0n) is 17.3. The van der Waals surface area contributed by atoms with Gasteiger partial charge in [0.2, 0.25) is 0 Å². The quantitative estimate of drug-likeness (QED) is 0.314. The maximum atomic E-state index is 13.9. The van der Waals surface area contributed by atoms with E-state index < -0.39 is 5.82 Å². The highest BCUT2D eigenvalue weighted by molar-refractivity contribution is 7.13. The number of halogens is 2. The molecule has 4 nitrogen and oxygen atoms in total. The summed E-state index contributed by atoms with van der Waals surface area (Å²) in [6.07, 6.45) is 0. The second kappa shape index (κ2) is 9.94. The van der Waals surface area contributed by atoms with Crippen LogP contribution in [-0.4, -0.2) is 22.8 Å². The molecule has 0 fully saturated rings. The monoisotopic (exact) mass is 466 g/mol. The second-order valence-corrected chi connectivity index (χ2v) is 8.46. The molecule has 32 heavy (non-hydrogen) atoms. The average Bonchev–Trinajstić information content (AvgIpc) is 3.29. The Morgan fingerprint density at radius 1 is 1.06 bits per heavy atom. The van der Waals surface area contributed by atoms with E-state index in [0.29, 0.717) is 28.6 Å². The zero-order valence-corrected chi connectivity index (χ0v) is 18.9. The lowest BCUT2D eigenvalue weighted by atomic mass is 10.2. The van der Waals surface area contributed by atoms with Crippen molar-refractivity contribution >= 4 is 28.8 Å². The first-order valence-corrected chi connectivity index (χ1v) is 11.2. The standard InChI is InChI=1S/C25H20ClFN2O2S/c1-29(14-17-6-3-2-4-7-17)25(30)23-16-32-24(28-23)18-10-12-19(13-11-18)31-15-20-21(26)8-5-9-22(20)27/h2-13,16H,14-15H2,1H3. The smallest absolute Gasteiger partial charge is 0.273 e. The summed E-state index contributed by atoms with van der Waals surface area (Å²) in [7, 11) is 1.77. The van der Waals surface area contributed by atoms with Gasteiger partial charge in [-0.25, -0.2) is 9.37 Å². The lowest BCUT2D eigenvalue weighted by Crippen LogP contribution is -2.26. The molecule has 0 saturated carbocycles. The molecule has 0 radical (unpaired) electrons. The second-order valence-electron chi connectivity index (χ2n) is 7.20. The first kappa shape index (κ1) is 22.0. The van der Waals surface area contributed by atoms with Gasteiger partial charge in [0, 0.05) is 30.1 Å². The molecule has 0 N–H and O–H groups in total. The van der Waals surface area contributed by atoms with Crippen molar-refractivity contribution in [1.82, 2.24) is 9.88 Å². The number of nitrogens with zero attached hydrogens (tertiary/aromatic N) is 2. The van der Waals surface area contributed by atoms with Crippen molar-refractivity contribution in [3.63, 3.8) is 0 Å². The van der Waals surface area contributed by atoms with Crippen molar-refractivity contribution in [2.45, 2.75) is 13.2 Å². The van der Waals surface area contributed by atoms with Gasteiger partial charge in [0.15, 0.2) is 0 Å². The van der Waals surface area contributed by atoms with E-state index in [1.165, 1.54) is 17.4 Å². The molecule has 4 aromatic rings. The van der Waals surface area contributed by atoms with Crippen LogP contribution in [0.3, 0.4) is 0 Å². The highest BCUT2D eigenvalue weighted by atomic mass is 35.5. The molecule has 1 amide bonds. The largest absolute Gasteiger partial charge is 0.489 e. The fourth-order valence-corrected chi connectivity index (χ4v) is 4.17. The van der Waals surface area contributed by atoms with Gasteiger partial charge in [0.1, 0.15) is 28.9 Å². The summed E-state index contributed by atoms with van der Waals surface area (Å²) in [4.78, 5) is 18.9. The molecule has 1 aromatic heterocycles. The third-order valence-corrected chi connectivity index (χ3v) is 6.12. The van der Waals surface area contributed by atoms with Crippen molar-refractivity contribution < 1.29 is 13.9 Å². The number of rotatable bonds is 7. The minimum Gasteiger partial charge on any atom is -0.489 e. The lowest BCUT2D eigenvalue weighted by Gasteiger charge is -2.15. The van der Waals surface area contributed by atoms with Gasteiger partial charge in [0.25, 0.3) is 5.91 Å². The Kier molecular flexibility index (Phi) is 6.83. The normalized spacial score (nSPS) is 10.7. The van der Waals surface area contributed by atoms with E-state index in [1.54, 1.807) is 41.6 Å². The topological polar surface area (TPSA) is 42.4 Å². The van der Waals surface area contributed by atoms with Gasteiger partial charge in [0.05, 0.1) is 5.02 Å². The summed E-state index contributed by atoms with van der Waals surface area (Å²) in [5.41, 5.74) is 2.67. The Morgan fingerprint density at radius 2 is 1.81 bits per heavy atom. The van der Waals surface area contributed by atoms with Crippen LogP contribution < -0.4 is 4.74 Å². The molecule has 162 valence electrons. The fourth-order valence-electron chi connectivity index (χ4n) is 3.15. The molecule has 0 aliphatic rings. The minimum atomic E-state index is -0.397. The Labute approximate surface area is 194 Å². The Balaban J connectivity index is 1.40. The maximum absolute atomic E-state index is 13.9. The highest BCUT2D eigenvalue weighted by Gasteiger charge is 2.16. The Morgan fingerprint density at radius 3 is 2.53 bits per heavy atom. The molecule has 7 heteroatoms. The van der Waals surface area contributed by atoms with Gasteiger partial charge >= 0.3 is 0 Å². The molecular formula is C25H20ClFN2O2S. The molecule has 3 aromatic carbocycles. The van der Waals surface area contributed by atoms with Crippen molar-refractivity contribution in [3.05, 3.63) is 106 Å². The van der Waals surface area contributed by atoms with Crippen LogP contribution in [-0.2, 0) is 13.2 Å². The number of aromatic nitrogens is 1. The predicted octanol–water partition coefficient (Wildman–Crippen LogP) is 6.45. The van der Waals surface area contributed by atoms with Crippen LogP contribution in [0.4, 0.5) is 4.39 Å². The van der Waals surface area contributed by atoms with E-state index >= 15 is 0 Å². The number of benzene rings is 3. The van der Waals surface area contributed by atoms with Gasteiger partial charge in [-0.05, 0) is 42.0 Å². The number of hydrogen-bond acceptors (Lipinski definition) is 4. The third kappa shape index (κ3) is 5.15. The van der Waals surface area contributed by atoms with Crippen molar-refractivity contribution in [3.8, 4) is 16.3 Å². The van der Waals surface area contributed by atoms with Gasteiger partial charge in [-0.3, -0.25) is 4.79 Å². The third-order valence-electron chi connectivity index (χ3n) is 4.88. The number of hydrogen-bond donors (Lipinski definition) is 0. The summed E-state index contributed by atoms with van der Waals surface area (Å²) >= 11 is 7.45. The van der Waals surface area contributed by atoms with Gasteiger partial charge < -0.3 is 9.64 Å². The van der Waals surface area contributed by atoms with Crippen LogP contribution >= 0.6 is 22.9 Å². The van der Waals surface area contributed by atoms with Gasteiger partial charge in [-0.2, -0.15) is 0 Å². The number of ether oxygens (including phenoxy) is 1. The minimum absolute atomic E-state index is 0.0362. The molecule has 0 aliphatic carbocycles. The fraction of sp³-hybridized carbons (Fsp3) is 0.120. The van der Waals surface area contributed by atoms with Crippen molar-refractivity contribution in [2.75, 3.05) is 7.05 Å². The van der Waals surface area contributed by atoms with Crippen LogP contribution in [0.2, 0.25) is 5.02 Å². The van der Waals surface area contributed by atoms with Gasteiger partial charge in [-0.15, -0.1) is 11.3 Å². The first-order valence-electron chi connectivity index (χ1n) is 9.92. The average molecular weight is 467 g/mol. The maximum Gasteiger partial charge on any atom is 0.273 e. The van der Waals surface area contributed by atoms with Crippen LogP contribution in [0, 0.1) is 5.82 Å². The highest BCUT2D eigenvalue weighted by Crippen LogP contribution is 2.27. The van der Waals surface area contributed by atoms with E-state index in [0.717, 1.165) is 16.1 Å². The Hall–Kier alpha value is -3.22. The summed E-state index contributed by atoms with van der Waals surface area (Å²) in [5.74, 6) is 0.0629. The van der Waals surface area contributed by atoms with Crippen molar-refractivity contribution in [2.24, 2.45) is 0 Å². The molecule has 0 spiro atoms. The van der Waals surface area contributed by atoms with Crippen LogP contribution in [0.5, 0.6) is 5.75 Å². The SMILES string of the molecule is CN(Cc1ccccc1)C(=O)c1csc(-c2ccc(OCc3c(F)cccc3Cl)cc2)n1. The van der Waals surface area contributed by atoms with Crippen LogP contribution in [0.15, 0.2) is 78.2 Å². The van der Waals surface area contributed by atoms with E-state index in [4.69, 9.17) is 16.3 Å². The molecule has 0 bridgehead atoms. The summed E-state index contributed by atoms with van der Waals surface area (Å²) in [6.45, 7) is 0.555. The molecule has 0 atom stereocenters. The zero-order chi connectivity index (χ0) is 22.5. The number of thiazole rings is 1. The number of carbonyl (C=O) groups is 1. The number of carbonyl (C=O) groups excluding carboxylic acids is 1. The predicted molar refractivity (Wildman–Crippen MR) is 126 cm³/mol. The molecule has 0 aliphatic heterocycles. The van der Waals surface area contributed by atoms with Gasteiger partial charge in [-0.1, -0.05) is 48.0 Å². The van der Waals surface area contributed by atoms with Crippen LogP contribution in [0.1, 0.15) is 21.6 Å². The van der Waals surface area contributed by atoms with Crippen molar-refractivity contribution in [1.29, 1.82) is 0 Å². The van der Waals surface area contributed by atoms with E-state index in [-0.39, 0.29) is 12.5 Å². The molecule has 0 saturated heterocycles. The molecule has 4 rings (SSSR count). The summed E-state index contributed by atoms with van der Waals surface area (Å²) < 4.78 is 19.6. The van der Waals surface area contributed by atoms with E-state index in [2.05, 4.69) is 4.98 Å². The molecular weight excluding hydrogens is 447 g/mol. The molecule has 0 unspecified atom stereocenters.